The predicted molar refractivity (Wildman–Crippen MR) is 76.1 cm³/mol. The Morgan fingerprint density at radius 1 is 1.20 bits per heavy atom. The minimum absolute atomic E-state index is 0.0527. The third-order valence-corrected chi connectivity index (χ3v) is 3.46. The highest BCUT2D eigenvalue weighted by Gasteiger charge is 2.25. The third-order valence-electron chi connectivity index (χ3n) is 3.46. The normalized spacial score (nSPS) is 17.1. The molecule has 0 saturated heterocycles. The van der Waals surface area contributed by atoms with E-state index in [0.717, 1.165) is 11.3 Å². The highest BCUT2D eigenvalue weighted by Crippen LogP contribution is 2.34. The number of aliphatic hydroxyl groups excluding tert-OH is 2. The predicted octanol–water partition coefficient (Wildman–Crippen LogP) is 1.10. The minimum Gasteiger partial charge on any atom is -0.486 e. The number of benzene rings is 1. The fourth-order valence-corrected chi connectivity index (χ4v) is 2.39. The largest absolute Gasteiger partial charge is 0.486 e. The van der Waals surface area contributed by atoms with E-state index in [9.17, 15) is 5.11 Å². The summed E-state index contributed by atoms with van der Waals surface area (Å²) in [6.07, 6.45) is -0.655. The SMILES string of the molecule is CC(C)C(NCCO)C(O)c1ccc2c(c1)OCCO2. The van der Waals surface area contributed by atoms with E-state index in [0.29, 0.717) is 25.5 Å². The van der Waals surface area contributed by atoms with Crippen molar-refractivity contribution < 1.29 is 19.7 Å². The first-order chi connectivity index (χ1) is 9.63. The molecular formula is C15H23NO4. The van der Waals surface area contributed by atoms with E-state index >= 15 is 0 Å². The van der Waals surface area contributed by atoms with Crippen LogP contribution in [0.3, 0.4) is 0 Å². The molecular weight excluding hydrogens is 258 g/mol. The van der Waals surface area contributed by atoms with Crippen molar-refractivity contribution in [3.05, 3.63) is 23.8 Å². The van der Waals surface area contributed by atoms with E-state index in [1.165, 1.54) is 0 Å². The van der Waals surface area contributed by atoms with E-state index in [1.807, 2.05) is 32.0 Å². The van der Waals surface area contributed by atoms with E-state index in [4.69, 9.17) is 14.6 Å². The first kappa shape index (κ1) is 15.1. The van der Waals surface area contributed by atoms with Gasteiger partial charge in [0.05, 0.1) is 12.7 Å². The Labute approximate surface area is 119 Å². The minimum atomic E-state index is -0.655. The molecule has 2 rings (SSSR count). The quantitative estimate of drug-likeness (QED) is 0.728. The van der Waals surface area contributed by atoms with Crippen molar-refractivity contribution in [2.24, 2.45) is 5.92 Å². The van der Waals surface area contributed by atoms with E-state index in [1.54, 1.807) is 0 Å². The maximum atomic E-state index is 10.5. The molecule has 2 unspecified atom stereocenters. The number of rotatable bonds is 6. The molecule has 0 amide bonds. The molecule has 0 radical (unpaired) electrons. The van der Waals surface area contributed by atoms with Crippen LogP contribution in [0.1, 0.15) is 25.5 Å². The average molecular weight is 281 g/mol. The van der Waals surface area contributed by atoms with Crippen molar-refractivity contribution in [3.8, 4) is 11.5 Å². The van der Waals surface area contributed by atoms with Gasteiger partial charge in [-0.2, -0.15) is 0 Å². The van der Waals surface area contributed by atoms with Crippen molar-refractivity contribution in [3.63, 3.8) is 0 Å². The summed E-state index contributed by atoms with van der Waals surface area (Å²) in [5.74, 6) is 1.64. The summed E-state index contributed by atoms with van der Waals surface area (Å²) in [5, 5.41) is 22.6. The maximum absolute atomic E-state index is 10.5. The lowest BCUT2D eigenvalue weighted by Crippen LogP contribution is -2.40. The molecule has 0 aliphatic carbocycles. The number of hydrogen-bond donors (Lipinski definition) is 3. The lowest BCUT2D eigenvalue weighted by Gasteiger charge is -2.28. The van der Waals surface area contributed by atoms with Crippen LogP contribution in [0.15, 0.2) is 18.2 Å². The summed E-state index contributed by atoms with van der Waals surface area (Å²) < 4.78 is 11.0. The molecule has 0 saturated carbocycles. The summed E-state index contributed by atoms with van der Waals surface area (Å²) in [7, 11) is 0. The van der Waals surface area contributed by atoms with Crippen LogP contribution in [0, 0.1) is 5.92 Å². The van der Waals surface area contributed by atoms with Crippen LogP contribution in [-0.2, 0) is 0 Å². The molecule has 3 N–H and O–H groups in total. The van der Waals surface area contributed by atoms with Crippen LogP contribution >= 0.6 is 0 Å². The van der Waals surface area contributed by atoms with Crippen LogP contribution in [0.5, 0.6) is 11.5 Å². The molecule has 0 bridgehead atoms. The van der Waals surface area contributed by atoms with Crippen molar-refractivity contribution in [1.29, 1.82) is 0 Å². The average Bonchev–Trinajstić information content (AvgIpc) is 2.46. The molecule has 0 fully saturated rings. The summed E-state index contributed by atoms with van der Waals surface area (Å²) >= 11 is 0. The van der Waals surface area contributed by atoms with Gasteiger partial charge in [0.2, 0.25) is 0 Å². The second-order valence-electron chi connectivity index (χ2n) is 5.30. The molecule has 0 aromatic heterocycles. The standard InChI is InChI=1S/C15H23NO4/c1-10(2)14(16-5-6-17)15(18)11-3-4-12-13(9-11)20-8-7-19-12/h3-4,9-10,14-18H,5-8H2,1-2H3. The topological polar surface area (TPSA) is 71.0 Å². The van der Waals surface area contributed by atoms with Crippen molar-refractivity contribution in [2.75, 3.05) is 26.4 Å². The zero-order valence-corrected chi connectivity index (χ0v) is 12.0. The number of hydrogen-bond acceptors (Lipinski definition) is 5. The zero-order chi connectivity index (χ0) is 14.5. The molecule has 0 spiro atoms. The maximum Gasteiger partial charge on any atom is 0.161 e. The monoisotopic (exact) mass is 281 g/mol. The van der Waals surface area contributed by atoms with Crippen molar-refractivity contribution in [1.82, 2.24) is 5.32 Å². The van der Waals surface area contributed by atoms with Crippen LogP contribution in [0.2, 0.25) is 0 Å². The highest BCUT2D eigenvalue weighted by molar-refractivity contribution is 5.44. The Kier molecular flexibility index (Phi) is 5.23. The Hall–Kier alpha value is -1.30. The van der Waals surface area contributed by atoms with Crippen molar-refractivity contribution in [2.45, 2.75) is 26.0 Å². The number of fused-ring (bicyclic) bond motifs is 1. The van der Waals surface area contributed by atoms with Crippen LogP contribution in [0.4, 0.5) is 0 Å². The molecule has 20 heavy (non-hydrogen) atoms. The van der Waals surface area contributed by atoms with Gasteiger partial charge < -0.3 is 25.0 Å². The van der Waals surface area contributed by atoms with Gasteiger partial charge in [0.25, 0.3) is 0 Å². The second kappa shape index (κ2) is 6.92. The molecule has 112 valence electrons. The fraction of sp³-hybridized carbons (Fsp3) is 0.600. The van der Waals surface area contributed by atoms with Gasteiger partial charge >= 0.3 is 0 Å². The summed E-state index contributed by atoms with van der Waals surface area (Å²) in [6, 6.07) is 5.39. The smallest absolute Gasteiger partial charge is 0.161 e. The van der Waals surface area contributed by atoms with E-state index in [2.05, 4.69) is 5.32 Å². The van der Waals surface area contributed by atoms with Crippen LogP contribution in [0.25, 0.3) is 0 Å². The van der Waals surface area contributed by atoms with Crippen LogP contribution in [-0.4, -0.2) is 42.6 Å². The van der Waals surface area contributed by atoms with E-state index < -0.39 is 6.10 Å². The lowest BCUT2D eigenvalue weighted by atomic mass is 9.93. The second-order valence-corrected chi connectivity index (χ2v) is 5.30. The van der Waals surface area contributed by atoms with E-state index in [-0.39, 0.29) is 18.6 Å². The van der Waals surface area contributed by atoms with Gasteiger partial charge in [-0.25, -0.2) is 0 Å². The van der Waals surface area contributed by atoms with Crippen LogP contribution < -0.4 is 14.8 Å². The molecule has 1 aromatic rings. The van der Waals surface area contributed by atoms with Gasteiger partial charge in [-0.15, -0.1) is 0 Å². The number of ether oxygens (including phenoxy) is 2. The Balaban J connectivity index is 2.15. The first-order valence-corrected chi connectivity index (χ1v) is 7.05. The highest BCUT2D eigenvalue weighted by atomic mass is 16.6. The summed E-state index contributed by atoms with van der Waals surface area (Å²) in [6.45, 7) is 5.68. The molecule has 2 atom stereocenters. The molecule has 1 heterocycles. The summed E-state index contributed by atoms with van der Waals surface area (Å²) in [4.78, 5) is 0. The molecule has 5 nitrogen and oxygen atoms in total. The molecule has 1 aromatic carbocycles. The number of nitrogens with one attached hydrogen (secondary N) is 1. The zero-order valence-electron chi connectivity index (χ0n) is 12.0. The van der Waals surface area contributed by atoms with Gasteiger partial charge in [0.1, 0.15) is 13.2 Å². The van der Waals surface area contributed by atoms with Gasteiger partial charge in [-0.3, -0.25) is 0 Å². The van der Waals surface area contributed by atoms with Gasteiger partial charge in [-0.1, -0.05) is 19.9 Å². The van der Waals surface area contributed by atoms with Gasteiger partial charge in [-0.05, 0) is 23.6 Å². The Morgan fingerprint density at radius 3 is 2.55 bits per heavy atom. The Morgan fingerprint density at radius 2 is 1.90 bits per heavy atom. The Bertz CT molecular complexity index is 436. The third kappa shape index (κ3) is 3.42. The molecule has 1 aliphatic rings. The number of aliphatic hydroxyl groups is 2. The van der Waals surface area contributed by atoms with Gasteiger partial charge in [0, 0.05) is 12.6 Å². The van der Waals surface area contributed by atoms with Crippen molar-refractivity contribution >= 4 is 0 Å². The molecule has 1 aliphatic heterocycles. The fourth-order valence-electron chi connectivity index (χ4n) is 2.39. The van der Waals surface area contributed by atoms with Gasteiger partial charge in [0.15, 0.2) is 11.5 Å². The summed E-state index contributed by atoms with van der Waals surface area (Å²) in [5.41, 5.74) is 0.790. The lowest BCUT2D eigenvalue weighted by molar-refractivity contribution is 0.101. The first-order valence-electron chi connectivity index (χ1n) is 7.05. The molecule has 5 heteroatoms.